The molecule has 0 fully saturated rings. The first-order valence-electron chi connectivity index (χ1n) is 6.74. The third-order valence-corrected chi connectivity index (χ3v) is 3.58. The zero-order valence-electron chi connectivity index (χ0n) is 12.2. The van der Waals surface area contributed by atoms with E-state index in [1.807, 2.05) is 30.3 Å². The van der Waals surface area contributed by atoms with E-state index in [4.69, 9.17) is 4.42 Å². The molecule has 1 unspecified atom stereocenters. The fraction of sp³-hybridized carbons (Fsp3) is 0.286. The minimum atomic E-state index is -0.535. The van der Waals surface area contributed by atoms with Crippen molar-refractivity contribution >= 4 is 23.7 Å². The normalized spacial score (nSPS) is 11.7. The molecule has 0 bridgehead atoms. The monoisotopic (exact) mass is 320 g/mol. The van der Waals surface area contributed by atoms with E-state index >= 15 is 0 Å². The Hall–Kier alpha value is -2.35. The standard InChI is InChI=1S/C14H16N4O3S/c1-3-15-13(20)16-11(19)9(2)22-14-18-17-12(21-14)10-7-5-4-6-8-10/h4-9H,3H2,1-2H3,(H2,15,16,19,20). The first-order valence-corrected chi connectivity index (χ1v) is 7.62. The van der Waals surface area contributed by atoms with Crippen molar-refractivity contribution in [3.63, 3.8) is 0 Å². The van der Waals surface area contributed by atoms with E-state index in [9.17, 15) is 9.59 Å². The molecule has 1 heterocycles. The van der Waals surface area contributed by atoms with Gasteiger partial charge in [0.1, 0.15) is 0 Å². The van der Waals surface area contributed by atoms with Crippen LogP contribution in [-0.2, 0) is 4.79 Å². The van der Waals surface area contributed by atoms with Gasteiger partial charge in [0.2, 0.25) is 11.8 Å². The average molecular weight is 320 g/mol. The Balaban J connectivity index is 1.95. The topological polar surface area (TPSA) is 97.1 Å². The molecule has 2 N–H and O–H groups in total. The number of rotatable bonds is 5. The summed E-state index contributed by atoms with van der Waals surface area (Å²) < 4.78 is 5.50. The first-order chi connectivity index (χ1) is 10.6. The molecular formula is C14H16N4O3S. The van der Waals surface area contributed by atoms with Gasteiger partial charge in [0.15, 0.2) is 0 Å². The molecule has 0 spiro atoms. The van der Waals surface area contributed by atoms with Crippen LogP contribution in [0.15, 0.2) is 40.0 Å². The maximum atomic E-state index is 11.8. The minimum absolute atomic E-state index is 0.275. The lowest BCUT2D eigenvalue weighted by Gasteiger charge is -2.08. The smallest absolute Gasteiger partial charge is 0.321 e. The molecule has 0 aliphatic carbocycles. The largest absolute Gasteiger partial charge is 0.411 e. The van der Waals surface area contributed by atoms with Gasteiger partial charge in [0, 0.05) is 12.1 Å². The number of nitrogens with zero attached hydrogens (tertiary/aromatic N) is 2. The Morgan fingerprint density at radius 1 is 1.27 bits per heavy atom. The van der Waals surface area contributed by atoms with Crippen LogP contribution in [0.2, 0.25) is 0 Å². The number of carbonyl (C=O) groups is 2. The van der Waals surface area contributed by atoms with Crippen LogP contribution in [0.1, 0.15) is 13.8 Å². The van der Waals surface area contributed by atoms with Gasteiger partial charge < -0.3 is 9.73 Å². The summed E-state index contributed by atoms with van der Waals surface area (Å²) in [5, 5.41) is 12.3. The van der Waals surface area contributed by atoms with Gasteiger partial charge in [-0.1, -0.05) is 30.0 Å². The number of thioether (sulfide) groups is 1. The number of carbonyl (C=O) groups excluding carboxylic acids is 2. The zero-order chi connectivity index (χ0) is 15.9. The number of benzene rings is 1. The summed E-state index contributed by atoms with van der Waals surface area (Å²) >= 11 is 1.09. The molecular weight excluding hydrogens is 304 g/mol. The van der Waals surface area contributed by atoms with Gasteiger partial charge >= 0.3 is 6.03 Å². The fourth-order valence-corrected chi connectivity index (χ4v) is 2.26. The summed E-state index contributed by atoms with van der Waals surface area (Å²) in [4.78, 5) is 23.1. The summed E-state index contributed by atoms with van der Waals surface area (Å²) in [7, 11) is 0. The lowest BCUT2D eigenvalue weighted by molar-refractivity contribution is -0.119. The van der Waals surface area contributed by atoms with E-state index in [1.54, 1.807) is 13.8 Å². The molecule has 116 valence electrons. The molecule has 8 heteroatoms. The van der Waals surface area contributed by atoms with Crippen LogP contribution >= 0.6 is 11.8 Å². The summed E-state index contributed by atoms with van der Waals surface area (Å²) in [6.07, 6.45) is 0. The maximum Gasteiger partial charge on any atom is 0.321 e. The second-order valence-electron chi connectivity index (χ2n) is 4.35. The number of hydrogen-bond acceptors (Lipinski definition) is 6. The van der Waals surface area contributed by atoms with Crippen molar-refractivity contribution in [2.45, 2.75) is 24.3 Å². The lowest BCUT2D eigenvalue weighted by atomic mass is 10.2. The second kappa shape index (κ2) is 7.60. The predicted octanol–water partition coefficient (Wildman–Crippen LogP) is 2.06. The Kier molecular flexibility index (Phi) is 5.54. The van der Waals surface area contributed by atoms with E-state index in [1.165, 1.54) is 0 Å². The Morgan fingerprint density at radius 2 is 2.00 bits per heavy atom. The predicted molar refractivity (Wildman–Crippen MR) is 82.3 cm³/mol. The molecule has 0 radical (unpaired) electrons. The van der Waals surface area contributed by atoms with Crippen molar-refractivity contribution in [2.75, 3.05) is 6.54 Å². The quantitative estimate of drug-likeness (QED) is 0.819. The highest BCUT2D eigenvalue weighted by Gasteiger charge is 2.20. The van der Waals surface area contributed by atoms with Crippen LogP contribution in [-0.4, -0.2) is 33.9 Å². The van der Waals surface area contributed by atoms with Crippen molar-refractivity contribution in [3.05, 3.63) is 30.3 Å². The highest BCUT2D eigenvalue weighted by Crippen LogP contribution is 2.25. The molecule has 0 saturated carbocycles. The molecule has 0 aliphatic heterocycles. The Morgan fingerprint density at radius 3 is 2.68 bits per heavy atom. The minimum Gasteiger partial charge on any atom is -0.411 e. The van der Waals surface area contributed by atoms with Crippen LogP contribution in [0.3, 0.4) is 0 Å². The number of urea groups is 1. The second-order valence-corrected chi connectivity index (χ2v) is 5.64. The van der Waals surface area contributed by atoms with Crippen molar-refractivity contribution in [1.29, 1.82) is 0 Å². The lowest BCUT2D eigenvalue weighted by Crippen LogP contribution is -2.42. The first kappa shape index (κ1) is 16.0. The van der Waals surface area contributed by atoms with E-state index < -0.39 is 17.2 Å². The SMILES string of the molecule is CCNC(=O)NC(=O)C(C)Sc1nnc(-c2ccccc2)o1. The van der Waals surface area contributed by atoms with Crippen LogP contribution in [0.4, 0.5) is 4.79 Å². The van der Waals surface area contributed by atoms with Crippen LogP contribution < -0.4 is 10.6 Å². The molecule has 1 aromatic heterocycles. The molecule has 3 amide bonds. The summed E-state index contributed by atoms with van der Waals surface area (Å²) in [6.45, 7) is 3.88. The number of imide groups is 1. The molecule has 0 saturated heterocycles. The highest BCUT2D eigenvalue weighted by molar-refractivity contribution is 8.00. The van der Waals surface area contributed by atoms with Gasteiger partial charge in [0.05, 0.1) is 5.25 Å². The van der Waals surface area contributed by atoms with E-state index in [0.29, 0.717) is 12.4 Å². The van der Waals surface area contributed by atoms with Gasteiger partial charge in [-0.2, -0.15) is 0 Å². The molecule has 1 aromatic carbocycles. The summed E-state index contributed by atoms with van der Waals surface area (Å²) in [6, 6.07) is 8.82. The fourth-order valence-electron chi connectivity index (χ4n) is 1.58. The van der Waals surface area contributed by atoms with Gasteiger partial charge in [-0.3, -0.25) is 10.1 Å². The van der Waals surface area contributed by atoms with Crippen molar-refractivity contribution in [2.24, 2.45) is 0 Å². The van der Waals surface area contributed by atoms with E-state index in [2.05, 4.69) is 20.8 Å². The molecule has 22 heavy (non-hydrogen) atoms. The van der Waals surface area contributed by atoms with Crippen molar-refractivity contribution in [1.82, 2.24) is 20.8 Å². The number of nitrogens with one attached hydrogen (secondary N) is 2. The van der Waals surface area contributed by atoms with Crippen LogP contribution in [0, 0.1) is 0 Å². The number of aromatic nitrogens is 2. The Labute approximate surface area is 131 Å². The maximum absolute atomic E-state index is 11.8. The number of hydrogen-bond donors (Lipinski definition) is 2. The molecule has 2 rings (SSSR count). The summed E-state index contributed by atoms with van der Waals surface area (Å²) in [5.41, 5.74) is 0.807. The third-order valence-electron chi connectivity index (χ3n) is 2.65. The van der Waals surface area contributed by atoms with Gasteiger partial charge in [-0.15, -0.1) is 10.2 Å². The van der Waals surface area contributed by atoms with Crippen LogP contribution in [0.5, 0.6) is 0 Å². The van der Waals surface area contributed by atoms with Gasteiger partial charge in [-0.25, -0.2) is 4.79 Å². The molecule has 7 nitrogen and oxygen atoms in total. The van der Waals surface area contributed by atoms with E-state index in [0.717, 1.165) is 17.3 Å². The van der Waals surface area contributed by atoms with Crippen LogP contribution in [0.25, 0.3) is 11.5 Å². The van der Waals surface area contributed by atoms with Crippen molar-refractivity contribution in [3.8, 4) is 11.5 Å². The van der Waals surface area contributed by atoms with Gasteiger partial charge in [0.25, 0.3) is 5.22 Å². The Bertz CT molecular complexity index is 645. The molecule has 0 aliphatic rings. The highest BCUT2D eigenvalue weighted by atomic mass is 32.2. The number of amides is 3. The molecule has 2 aromatic rings. The van der Waals surface area contributed by atoms with Gasteiger partial charge in [-0.05, 0) is 26.0 Å². The van der Waals surface area contributed by atoms with Crippen molar-refractivity contribution < 1.29 is 14.0 Å². The zero-order valence-corrected chi connectivity index (χ0v) is 13.0. The third kappa shape index (κ3) is 4.32. The molecule has 1 atom stereocenters. The summed E-state index contributed by atoms with van der Waals surface area (Å²) in [5.74, 6) is -0.0326. The van der Waals surface area contributed by atoms with E-state index in [-0.39, 0.29) is 5.22 Å². The average Bonchev–Trinajstić information content (AvgIpc) is 2.96.